The Morgan fingerprint density at radius 2 is 1.19 bits per heavy atom. The summed E-state index contributed by atoms with van der Waals surface area (Å²) in [5, 5.41) is 0. The number of methoxy groups -OCH3 is 2. The summed E-state index contributed by atoms with van der Waals surface area (Å²) < 4.78 is 26.7. The van der Waals surface area contributed by atoms with E-state index < -0.39 is 23.7 Å². The number of carbonyl (C=O) groups is 3. The van der Waals surface area contributed by atoms with Gasteiger partial charge in [0.05, 0.1) is 45.2 Å². The first kappa shape index (κ1) is 28.7. The zero-order chi connectivity index (χ0) is 26.5. The van der Waals surface area contributed by atoms with Gasteiger partial charge in [0, 0.05) is 19.4 Å². The molecule has 0 aromatic heterocycles. The number of nitrogens with zero attached hydrogens (tertiary/aromatic N) is 2. The maximum absolute atomic E-state index is 12.2. The second-order valence-corrected chi connectivity index (χ2v) is 11.2. The average Bonchev–Trinajstić information content (AvgIpc) is 3.35. The highest BCUT2D eigenvalue weighted by Crippen LogP contribution is 2.30. The Bertz CT molecular complexity index is 762. The first-order valence-electron chi connectivity index (χ1n) is 13.2. The van der Waals surface area contributed by atoms with Crippen molar-refractivity contribution in [3.05, 3.63) is 0 Å². The highest BCUT2D eigenvalue weighted by Gasteiger charge is 2.43. The number of likely N-dealkylation sites (N-methyl/N-ethyl adjacent to an activating group) is 1. The topological polar surface area (TPSA) is 104 Å². The largest absolute Gasteiger partial charge is 0.468 e. The van der Waals surface area contributed by atoms with Crippen LogP contribution in [0.3, 0.4) is 0 Å². The SMILES string of the molecule is COC(=O)[C@@H]1C[C@H](OC2CCC2)CN1C.COC(=O)[C@@H]1C[C@H](OC2CCC2)CN1C(=O)OC(C)(C)C. The molecule has 36 heavy (non-hydrogen) atoms. The van der Waals surface area contributed by atoms with Crippen molar-refractivity contribution in [1.29, 1.82) is 0 Å². The lowest BCUT2D eigenvalue weighted by Gasteiger charge is -2.29. The molecule has 0 spiro atoms. The summed E-state index contributed by atoms with van der Waals surface area (Å²) in [6, 6.07) is -0.727. The van der Waals surface area contributed by atoms with Crippen LogP contribution < -0.4 is 0 Å². The number of hydrogen-bond acceptors (Lipinski definition) is 9. The van der Waals surface area contributed by atoms with E-state index in [9.17, 15) is 14.4 Å². The molecule has 0 aromatic rings. The Hall–Kier alpha value is -1.91. The van der Waals surface area contributed by atoms with Crippen LogP contribution in [0.25, 0.3) is 0 Å². The lowest BCUT2D eigenvalue weighted by molar-refractivity contribution is -0.146. The third-order valence-corrected chi connectivity index (χ3v) is 7.22. The Morgan fingerprint density at radius 3 is 1.64 bits per heavy atom. The van der Waals surface area contributed by atoms with Crippen LogP contribution in [0, 0.1) is 0 Å². The van der Waals surface area contributed by atoms with Gasteiger partial charge in [-0.1, -0.05) is 0 Å². The summed E-state index contributed by atoms with van der Waals surface area (Å²) in [7, 11) is 4.72. The minimum atomic E-state index is -0.616. The minimum absolute atomic E-state index is 0.111. The maximum atomic E-state index is 12.2. The molecular formula is C26H44N2O8. The molecule has 2 saturated carbocycles. The van der Waals surface area contributed by atoms with Crippen molar-refractivity contribution >= 4 is 18.0 Å². The van der Waals surface area contributed by atoms with Gasteiger partial charge < -0.3 is 23.7 Å². The number of esters is 2. The molecule has 10 heteroatoms. The predicted molar refractivity (Wildman–Crippen MR) is 131 cm³/mol. The molecule has 10 nitrogen and oxygen atoms in total. The fraction of sp³-hybridized carbons (Fsp3) is 0.885. The molecule has 206 valence electrons. The summed E-state index contributed by atoms with van der Waals surface area (Å²) in [4.78, 5) is 39.0. The van der Waals surface area contributed by atoms with E-state index in [0.29, 0.717) is 19.1 Å². The van der Waals surface area contributed by atoms with Gasteiger partial charge in [-0.15, -0.1) is 0 Å². The van der Waals surface area contributed by atoms with Crippen molar-refractivity contribution in [3.8, 4) is 0 Å². The van der Waals surface area contributed by atoms with Gasteiger partial charge in [0.2, 0.25) is 0 Å². The second-order valence-electron chi connectivity index (χ2n) is 11.2. The normalized spacial score (nSPS) is 29.0. The molecule has 0 bridgehead atoms. The third kappa shape index (κ3) is 7.79. The van der Waals surface area contributed by atoms with E-state index in [2.05, 4.69) is 0 Å². The van der Waals surface area contributed by atoms with Gasteiger partial charge in [0.15, 0.2) is 0 Å². The van der Waals surface area contributed by atoms with Crippen molar-refractivity contribution in [3.63, 3.8) is 0 Å². The second kappa shape index (κ2) is 12.6. The Morgan fingerprint density at radius 1 is 0.722 bits per heavy atom. The first-order chi connectivity index (χ1) is 17.0. The van der Waals surface area contributed by atoms with Crippen LogP contribution in [-0.2, 0) is 33.3 Å². The Labute approximate surface area is 214 Å². The van der Waals surface area contributed by atoms with Crippen molar-refractivity contribution in [2.45, 2.75) is 114 Å². The molecule has 2 heterocycles. The van der Waals surface area contributed by atoms with E-state index in [1.807, 2.05) is 11.9 Å². The molecule has 1 amide bonds. The molecule has 0 N–H and O–H groups in total. The van der Waals surface area contributed by atoms with Crippen molar-refractivity contribution in [2.24, 2.45) is 0 Å². The number of hydrogen-bond donors (Lipinski definition) is 0. The van der Waals surface area contributed by atoms with E-state index in [4.69, 9.17) is 23.7 Å². The standard InChI is InChI=1S/C15H25NO5.C11H19NO3/c1-15(2,3)21-14(18)16-9-11(20-10-6-5-7-10)8-12(16)13(17)19-4;1-12-7-9(15-8-4-3-5-8)6-10(12)11(13)14-2/h10-12H,5-9H2,1-4H3;8-10H,3-7H2,1-2H3/t11-,12-;9-,10-/m00/s1. The van der Waals surface area contributed by atoms with Gasteiger partial charge in [-0.2, -0.15) is 0 Å². The van der Waals surface area contributed by atoms with E-state index in [-0.39, 0.29) is 30.3 Å². The van der Waals surface area contributed by atoms with Crippen molar-refractivity contribution in [1.82, 2.24) is 9.80 Å². The summed E-state index contributed by atoms with van der Waals surface area (Å²) >= 11 is 0. The molecule has 4 fully saturated rings. The molecule has 2 saturated heterocycles. The van der Waals surface area contributed by atoms with E-state index in [1.165, 1.54) is 44.8 Å². The van der Waals surface area contributed by atoms with Crippen LogP contribution >= 0.6 is 0 Å². The molecule has 4 rings (SSSR count). The van der Waals surface area contributed by atoms with Gasteiger partial charge in [-0.3, -0.25) is 14.6 Å². The Balaban J connectivity index is 0.000000212. The molecule has 4 atom stereocenters. The zero-order valence-electron chi connectivity index (χ0n) is 22.7. The van der Waals surface area contributed by atoms with Gasteiger partial charge in [-0.05, 0) is 66.3 Å². The number of carbonyl (C=O) groups excluding carboxylic acids is 3. The van der Waals surface area contributed by atoms with E-state index >= 15 is 0 Å². The smallest absolute Gasteiger partial charge is 0.411 e. The zero-order valence-corrected chi connectivity index (χ0v) is 22.7. The Kier molecular flexibility index (Phi) is 10.00. The molecular weight excluding hydrogens is 468 g/mol. The molecule has 4 aliphatic rings. The van der Waals surface area contributed by atoms with Crippen LogP contribution in [0.15, 0.2) is 0 Å². The third-order valence-electron chi connectivity index (χ3n) is 7.22. The maximum Gasteiger partial charge on any atom is 0.411 e. The van der Waals surface area contributed by atoms with Crippen molar-refractivity contribution < 1.29 is 38.1 Å². The summed E-state index contributed by atoms with van der Waals surface area (Å²) in [6.45, 7) is 6.63. The monoisotopic (exact) mass is 512 g/mol. The average molecular weight is 513 g/mol. The summed E-state index contributed by atoms with van der Waals surface area (Å²) in [5.41, 5.74) is -0.593. The molecule has 0 radical (unpaired) electrons. The first-order valence-corrected chi connectivity index (χ1v) is 13.2. The van der Waals surface area contributed by atoms with Gasteiger partial charge >= 0.3 is 18.0 Å². The summed E-state index contributed by atoms with van der Waals surface area (Å²) in [6.07, 6.45) is 8.54. The quantitative estimate of drug-likeness (QED) is 0.392. The van der Waals surface area contributed by atoms with Crippen LogP contribution in [0.1, 0.15) is 72.1 Å². The van der Waals surface area contributed by atoms with Crippen molar-refractivity contribution in [2.75, 3.05) is 34.4 Å². The fourth-order valence-electron chi connectivity index (χ4n) is 4.80. The number of rotatable bonds is 6. The highest BCUT2D eigenvalue weighted by atomic mass is 16.6. The van der Waals surface area contributed by atoms with Crippen LogP contribution in [-0.4, -0.2) is 104 Å². The lowest BCUT2D eigenvalue weighted by atomic mass is 9.96. The fourth-order valence-corrected chi connectivity index (χ4v) is 4.80. The van der Waals surface area contributed by atoms with Crippen LogP contribution in [0.4, 0.5) is 4.79 Å². The van der Waals surface area contributed by atoms with Crippen LogP contribution in [0.5, 0.6) is 0 Å². The minimum Gasteiger partial charge on any atom is -0.468 e. The van der Waals surface area contributed by atoms with Gasteiger partial charge in [0.25, 0.3) is 0 Å². The lowest BCUT2D eigenvalue weighted by Crippen LogP contribution is -2.44. The molecule has 2 aliphatic heterocycles. The summed E-state index contributed by atoms with van der Waals surface area (Å²) in [5.74, 6) is -0.558. The predicted octanol–water partition coefficient (Wildman–Crippen LogP) is 2.91. The number of likely N-dealkylation sites (tertiary alicyclic amines) is 2. The van der Waals surface area contributed by atoms with Gasteiger partial charge in [-0.25, -0.2) is 9.59 Å². The van der Waals surface area contributed by atoms with Gasteiger partial charge in [0.1, 0.15) is 17.7 Å². The molecule has 2 aliphatic carbocycles. The molecule has 0 aromatic carbocycles. The van der Waals surface area contributed by atoms with Crippen LogP contribution in [0.2, 0.25) is 0 Å². The van der Waals surface area contributed by atoms with E-state index in [0.717, 1.165) is 25.8 Å². The number of ether oxygens (including phenoxy) is 5. The molecule has 0 unspecified atom stereocenters. The number of amides is 1. The highest BCUT2D eigenvalue weighted by molar-refractivity contribution is 5.82. The van der Waals surface area contributed by atoms with E-state index in [1.54, 1.807) is 20.8 Å².